The van der Waals surface area contributed by atoms with E-state index in [1.165, 1.54) is 0 Å². The topological polar surface area (TPSA) is 96.1 Å². The minimum Gasteiger partial charge on any atom is -0.495 e. The fraction of sp³-hybridized carbons (Fsp3) is 0.444. The lowest BCUT2D eigenvalue weighted by Crippen LogP contribution is -2.30. The molecule has 0 spiro atoms. The lowest BCUT2D eigenvalue weighted by atomic mass is 10.1. The van der Waals surface area contributed by atoms with E-state index >= 15 is 0 Å². The molecule has 3 aromatic rings. The molecule has 0 bridgehead atoms. The van der Waals surface area contributed by atoms with E-state index in [9.17, 15) is 4.79 Å². The third-order valence-electron chi connectivity index (χ3n) is 4.91. The molecule has 142 valence electrons. The van der Waals surface area contributed by atoms with Crippen LogP contribution in [0.4, 0.5) is 11.8 Å². The van der Waals surface area contributed by atoms with E-state index in [-0.39, 0.29) is 11.7 Å². The highest BCUT2D eigenvalue weighted by molar-refractivity contribution is 5.73. The monoisotopic (exact) mass is 370 g/mol. The summed E-state index contributed by atoms with van der Waals surface area (Å²) in [5.41, 5.74) is 2.16. The number of pyridine rings is 1. The van der Waals surface area contributed by atoms with Crippen molar-refractivity contribution in [1.29, 1.82) is 0 Å². The Hall–Kier alpha value is -2.94. The van der Waals surface area contributed by atoms with Crippen LogP contribution < -0.4 is 15.7 Å². The number of nitrogens with one attached hydrogen (secondary N) is 1. The number of hydrogen-bond acceptors (Lipinski definition) is 7. The standard InChI is InChI=1S/C18H22N6O3/c1-11-8-13(26-3)9-19-15(11)21-17-20-10-14-16(22-17)24(18(25)23(14)2)12-4-6-27-7-5-12/h8-10,12H,4-7H2,1-3H3,(H,19,20,21,22). The molecule has 1 aliphatic heterocycles. The van der Waals surface area contributed by atoms with Crippen molar-refractivity contribution < 1.29 is 9.47 Å². The van der Waals surface area contributed by atoms with Crippen LogP contribution in [0.25, 0.3) is 11.2 Å². The lowest BCUT2D eigenvalue weighted by Gasteiger charge is -2.22. The molecular formula is C18H22N6O3. The summed E-state index contributed by atoms with van der Waals surface area (Å²) in [6.45, 7) is 3.23. The summed E-state index contributed by atoms with van der Waals surface area (Å²) >= 11 is 0. The summed E-state index contributed by atoms with van der Waals surface area (Å²) < 4.78 is 14.0. The number of imidazole rings is 1. The average Bonchev–Trinajstić information content (AvgIpc) is 2.94. The summed E-state index contributed by atoms with van der Waals surface area (Å²) in [4.78, 5) is 26.1. The molecule has 1 fully saturated rings. The first-order chi connectivity index (χ1) is 13.1. The van der Waals surface area contributed by atoms with Crippen molar-refractivity contribution in [3.05, 3.63) is 34.5 Å². The second-order valence-corrected chi connectivity index (χ2v) is 6.62. The van der Waals surface area contributed by atoms with Crippen LogP contribution in [0.2, 0.25) is 0 Å². The number of aryl methyl sites for hydroxylation is 2. The van der Waals surface area contributed by atoms with E-state index in [1.807, 2.05) is 13.0 Å². The molecule has 0 atom stereocenters. The highest BCUT2D eigenvalue weighted by atomic mass is 16.5. The first kappa shape index (κ1) is 17.5. The summed E-state index contributed by atoms with van der Waals surface area (Å²) in [5, 5.41) is 3.14. The van der Waals surface area contributed by atoms with Gasteiger partial charge in [-0.1, -0.05) is 0 Å². The largest absolute Gasteiger partial charge is 0.495 e. The van der Waals surface area contributed by atoms with Gasteiger partial charge in [0.1, 0.15) is 17.1 Å². The summed E-state index contributed by atoms with van der Waals surface area (Å²) in [7, 11) is 3.34. The van der Waals surface area contributed by atoms with Crippen molar-refractivity contribution in [2.75, 3.05) is 25.6 Å². The van der Waals surface area contributed by atoms with E-state index in [0.29, 0.717) is 41.9 Å². The van der Waals surface area contributed by atoms with Crippen LogP contribution in [-0.2, 0) is 11.8 Å². The molecule has 0 unspecified atom stereocenters. The van der Waals surface area contributed by atoms with Crippen LogP contribution in [0.15, 0.2) is 23.3 Å². The first-order valence-corrected chi connectivity index (χ1v) is 8.88. The number of methoxy groups -OCH3 is 1. The van der Waals surface area contributed by atoms with Crippen LogP contribution in [-0.4, -0.2) is 44.4 Å². The molecule has 9 heteroatoms. The minimum absolute atomic E-state index is 0.0814. The van der Waals surface area contributed by atoms with Gasteiger partial charge in [-0.25, -0.2) is 14.8 Å². The zero-order valence-corrected chi connectivity index (χ0v) is 15.6. The molecule has 0 amide bonds. The number of aromatic nitrogens is 5. The number of hydrogen-bond donors (Lipinski definition) is 1. The van der Waals surface area contributed by atoms with Gasteiger partial charge in [0.25, 0.3) is 0 Å². The third-order valence-corrected chi connectivity index (χ3v) is 4.91. The molecule has 27 heavy (non-hydrogen) atoms. The van der Waals surface area contributed by atoms with Gasteiger partial charge in [-0.05, 0) is 31.4 Å². The molecule has 4 heterocycles. The van der Waals surface area contributed by atoms with Gasteiger partial charge in [0.2, 0.25) is 5.95 Å². The maximum atomic E-state index is 12.8. The van der Waals surface area contributed by atoms with Crippen molar-refractivity contribution >= 4 is 22.9 Å². The Morgan fingerprint density at radius 1 is 1.26 bits per heavy atom. The Morgan fingerprint density at radius 3 is 2.74 bits per heavy atom. The molecule has 0 saturated carbocycles. The maximum Gasteiger partial charge on any atom is 0.330 e. The third kappa shape index (κ3) is 3.14. The van der Waals surface area contributed by atoms with Crippen molar-refractivity contribution in [2.45, 2.75) is 25.8 Å². The van der Waals surface area contributed by atoms with Gasteiger partial charge in [-0.2, -0.15) is 4.98 Å². The van der Waals surface area contributed by atoms with Gasteiger partial charge < -0.3 is 14.8 Å². The second kappa shape index (κ2) is 6.99. The Kier molecular flexibility index (Phi) is 4.53. The number of nitrogens with zero attached hydrogens (tertiary/aromatic N) is 5. The average molecular weight is 370 g/mol. The summed E-state index contributed by atoms with van der Waals surface area (Å²) in [6, 6.07) is 1.97. The van der Waals surface area contributed by atoms with Gasteiger partial charge in [0, 0.05) is 26.3 Å². The zero-order valence-electron chi connectivity index (χ0n) is 15.6. The quantitative estimate of drug-likeness (QED) is 0.750. The van der Waals surface area contributed by atoms with E-state index in [2.05, 4.69) is 20.3 Å². The number of ether oxygens (including phenoxy) is 2. The van der Waals surface area contributed by atoms with E-state index in [4.69, 9.17) is 9.47 Å². The highest BCUT2D eigenvalue weighted by Crippen LogP contribution is 2.25. The normalized spacial score (nSPS) is 15.2. The van der Waals surface area contributed by atoms with Crippen molar-refractivity contribution in [1.82, 2.24) is 24.1 Å². The maximum absolute atomic E-state index is 12.8. The number of anilines is 2. The Balaban J connectivity index is 1.74. The van der Waals surface area contributed by atoms with Crippen LogP contribution >= 0.6 is 0 Å². The molecule has 1 aliphatic rings. The fourth-order valence-corrected chi connectivity index (χ4v) is 3.37. The molecule has 1 N–H and O–H groups in total. The Labute approximate surface area is 156 Å². The zero-order chi connectivity index (χ0) is 19.0. The Bertz CT molecular complexity index is 1040. The lowest BCUT2D eigenvalue weighted by molar-refractivity contribution is 0.0695. The fourth-order valence-electron chi connectivity index (χ4n) is 3.37. The van der Waals surface area contributed by atoms with Crippen LogP contribution in [0.3, 0.4) is 0 Å². The molecule has 4 rings (SSSR count). The number of rotatable bonds is 4. The van der Waals surface area contributed by atoms with E-state index < -0.39 is 0 Å². The first-order valence-electron chi connectivity index (χ1n) is 8.88. The molecule has 3 aromatic heterocycles. The SMILES string of the molecule is COc1cnc(Nc2ncc3c(n2)n(C2CCOCC2)c(=O)n3C)c(C)c1. The van der Waals surface area contributed by atoms with Crippen molar-refractivity contribution in [2.24, 2.45) is 7.05 Å². The van der Waals surface area contributed by atoms with Gasteiger partial charge in [-0.15, -0.1) is 0 Å². The molecule has 0 aliphatic carbocycles. The highest BCUT2D eigenvalue weighted by Gasteiger charge is 2.23. The Morgan fingerprint density at radius 2 is 2.04 bits per heavy atom. The smallest absolute Gasteiger partial charge is 0.330 e. The van der Waals surface area contributed by atoms with Crippen molar-refractivity contribution in [3.63, 3.8) is 0 Å². The van der Waals surface area contributed by atoms with Crippen LogP contribution in [0, 0.1) is 6.92 Å². The van der Waals surface area contributed by atoms with Crippen molar-refractivity contribution in [3.8, 4) is 5.75 Å². The molecule has 0 radical (unpaired) electrons. The van der Waals surface area contributed by atoms with Crippen LogP contribution in [0.5, 0.6) is 5.75 Å². The molecule has 0 aromatic carbocycles. The van der Waals surface area contributed by atoms with Gasteiger partial charge in [0.15, 0.2) is 5.65 Å². The minimum atomic E-state index is -0.0814. The summed E-state index contributed by atoms with van der Waals surface area (Å²) in [6.07, 6.45) is 4.89. The predicted octanol–water partition coefficient (Wildman–Crippen LogP) is 1.94. The van der Waals surface area contributed by atoms with Gasteiger partial charge in [-0.3, -0.25) is 9.13 Å². The van der Waals surface area contributed by atoms with Crippen LogP contribution in [0.1, 0.15) is 24.4 Å². The number of fused-ring (bicyclic) bond motifs is 1. The predicted molar refractivity (Wildman–Crippen MR) is 101 cm³/mol. The van der Waals surface area contributed by atoms with E-state index in [1.54, 1.807) is 35.7 Å². The summed E-state index contributed by atoms with van der Waals surface area (Å²) in [5.74, 6) is 1.73. The van der Waals surface area contributed by atoms with Gasteiger partial charge >= 0.3 is 5.69 Å². The molecule has 9 nitrogen and oxygen atoms in total. The van der Waals surface area contributed by atoms with Gasteiger partial charge in [0.05, 0.1) is 19.5 Å². The molecule has 1 saturated heterocycles. The second-order valence-electron chi connectivity index (χ2n) is 6.62. The van der Waals surface area contributed by atoms with E-state index in [0.717, 1.165) is 18.4 Å². The molecular weight excluding hydrogens is 348 g/mol.